The van der Waals surface area contributed by atoms with Crippen LogP contribution in [-0.4, -0.2) is 5.84 Å². The Kier molecular flexibility index (Phi) is 3.51. The van der Waals surface area contributed by atoms with Gasteiger partial charge in [0.25, 0.3) is 0 Å². The van der Waals surface area contributed by atoms with Crippen LogP contribution in [0.3, 0.4) is 0 Å². The number of benzene rings is 1. The largest absolute Gasteiger partial charge is 0.387 e. The van der Waals surface area contributed by atoms with Crippen LogP contribution < -0.4 is 5.73 Å². The highest BCUT2D eigenvalue weighted by Gasteiger charge is 2.15. The van der Waals surface area contributed by atoms with Crippen LogP contribution in [0.2, 0.25) is 0 Å². The molecule has 1 aromatic carbocycles. The molecule has 0 saturated carbocycles. The van der Waals surface area contributed by atoms with E-state index in [4.69, 9.17) is 5.73 Å². The number of hydrogen-bond acceptors (Lipinski definition) is 1. The Hall–Kier alpha value is -1.31. The molecule has 0 bridgehead atoms. The first-order valence-corrected chi connectivity index (χ1v) is 5.37. The summed E-state index contributed by atoms with van der Waals surface area (Å²) in [6.07, 6.45) is 1.03. The molecule has 0 aromatic heterocycles. The summed E-state index contributed by atoms with van der Waals surface area (Å²) in [4.78, 5) is 4.43. The molecule has 2 nitrogen and oxygen atoms in total. The monoisotopic (exact) mass is 204 g/mol. The maximum Gasteiger partial charge on any atom is 0.105 e. The van der Waals surface area contributed by atoms with E-state index in [0.717, 1.165) is 12.1 Å². The lowest BCUT2D eigenvalue weighted by Gasteiger charge is -2.17. The Morgan fingerprint density at radius 2 is 2.00 bits per heavy atom. The van der Waals surface area contributed by atoms with E-state index in [2.05, 4.69) is 44.8 Å². The second kappa shape index (κ2) is 4.47. The molecule has 15 heavy (non-hydrogen) atoms. The number of amidine groups is 1. The van der Waals surface area contributed by atoms with Crippen molar-refractivity contribution in [3.05, 3.63) is 29.8 Å². The zero-order valence-electron chi connectivity index (χ0n) is 10.0. The van der Waals surface area contributed by atoms with Crippen molar-refractivity contribution in [1.82, 2.24) is 0 Å². The lowest BCUT2D eigenvalue weighted by atomic mass is 9.95. The van der Waals surface area contributed by atoms with Crippen LogP contribution in [0.25, 0.3) is 0 Å². The summed E-state index contributed by atoms with van der Waals surface area (Å²) in [6, 6.07) is 8.19. The van der Waals surface area contributed by atoms with Crippen molar-refractivity contribution in [3.8, 4) is 0 Å². The SMILES string of the molecule is CCc1cccc(N=C(N)C(C)(C)C)c1. The van der Waals surface area contributed by atoms with Gasteiger partial charge in [-0.2, -0.15) is 0 Å². The number of nitrogens with two attached hydrogens (primary N) is 1. The smallest absolute Gasteiger partial charge is 0.105 e. The van der Waals surface area contributed by atoms with Gasteiger partial charge in [0.15, 0.2) is 0 Å². The van der Waals surface area contributed by atoms with E-state index in [1.54, 1.807) is 0 Å². The van der Waals surface area contributed by atoms with Gasteiger partial charge < -0.3 is 5.73 Å². The molecule has 0 spiro atoms. The van der Waals surface area contributed by atoms with E-state index >= 15 is 0 Å². The first-order chi connectivity index (χ1) is 6.93. The van der Waals surface area contributed by atoms with E-state index in [-0.39, 0.29) is 5.41 Å². The Morgan fingerprint density at radius 1 is 1.33 bits per heavy atom. The van der Waals surface area contributed by atoms with Gasteiger partial charge in [-0.3, -0.25) is 0 Å². The molecular weight excluding hydrogens is 184 g/mol. The standard InChI is InChI=1S/C13H20N2/c1-5-10-7-6-8-11(9-10)15-12(14)13(2,3)4/h6-9H,5H2,1-4H3,(H2,14,15). The molecule has 1 aromatic rings. The molecule has 0 aliphatic heterocycles. The molecule has 2 heteroatoms. The minimum atomic E-state index is -0.0672. The molecule has 0 aliphatic rings. The molecule has 0 heterocycles. The lowest BCUT2D eigenvalue weighted by Crippen LogP contribution is -2.28. The van der Waals surface area contributed by atoms with Crippen molar-refractivity contribution >= 4 is 11.5 Å². The van der Waals surface area contributed by atoms with Crippen molar-refractivity contribution < 1.29 is 0 Å². The van der Waals surface area contributed by atoms with Crippen LogP contribution in [0.15, 0.2) is 29.3 Å². The quantitative estimate of drug-likeness (QED) is 0.582. The van der Waals surface area contributed by atoms with Crippen LogP contribution in [0.1, 0.15) is 33.3 Å². The third-order valence-electron chi connectivity index (χ3n) is 2.34. The number of rotatable bonds is 2. The van der Waals surface area contributed by atoms with Gasteiger partial charge in [0, 0.05) is 5.41 Å². The zero-order chi connectivity index (χ0) is 11.5. The second-order valence-electron chi connectivity index (χ2n) is 4.77. The summed E-state index contributed by atoms with van der Waals surface area (Å²) in [5, 5.41) is 0. The first kappa shape index (κ1) is 11.8. The summed E-state index contributed by atoms with van der Waals surface area (Å²) in [5.74, 6) is 0.677. The highest BCUT2D eigenvalue weighted by atomic mass is 14.9. The molecule has 0 saturated heterocycles. The third-order valence-corrected chi connectivity index (χ3v) is 2.34. The summed E-state index contributed by atoms with van der Waals surface area (Å²) in [7, 11) is 0. The summed E-state index contributed by atoms with van der Waals surface area (Å²) in [5.41, 5.74) is 8.09. The highest BCUT2D eigenvalue weighted by molar-refractivity contribution is 5.87. The Morgan fingerprint density at radius 3 is 2.53 bits per heavy atom. The zero-order valence-corrected chi connectivity index (χ0v) is 10.0. The van der Waals surface area contributed by atoms with Crippen molar-refractivity contribution in [1.29, 1.82) is 0 Å². The predicted octanol–water partition coefficient (Wildman–Crippen LogP) is 3.28. The minimum Gasteiger partial charge on any atom is -0.387 e. The average molecular weight is 204 g/mol. The van der Waals surface area contributed by atoms with E-state index in [0.29, 0.717) is 5.84 Å². The Bertz CT molecular complexity index is 359. The van der Waals surface area contributed by atoms with Crippen LogP contribution >= 0.6 is 0 Å². The van der Waals surface area contributed by atoms with Crippen molar-refractivity contribution in [3.63, 3.8) is 0 Å². The Balaban J connectivity index is 2.98. The molecule has 2 N–H and O–H groups in total. The van der Waals surface area contributed by atoms with Crippen LogP contribution in [0, 0.1) is 5.41 Å². The second-order valence-corrected chi connectivity index (χ2v) is 4.77. The van der Waals surface area contributed by atoms with Crippen molar-refractivity contribution in [2.75, 3.05) is 0 Å². The van der Waals surface area contributed by atoms with Gasteiger partial charge in [0.2, 0.25) is 0 Å². The third kappa shape index (κ3) is 3.39. The highest BCUT2D eigenvalue weighted by Crippen LogP contribution is 2.19. The van der Waals surface area contributed by atoms with Gasteiger partial charge in [-0.05, 0) is 24.1 Å². The van der Waals surface area contributed by atoms with E-state index in [1.165, 1.54) is 5.56 Å². The van der Waals surface area contributed by atoms with Gasteiger partial charge >= 0.3 is 0 Å². The van der Waals surface area contributed by atoms with E-state index < -0.39 is 0 Å². The van der Waals surface area contributed by atoms with Crippen LogP contribution in [0.4, 0.5) is 5.69 Å². The fourth-order valence-electron chi connectivity index (χ4n) is 1.15. The number of aryl methyl sites for hydroxylation is 1. The van der Waals surface area contributed by atoms with Gasteiger partial charge in [0.05, 0.1) is 5.69 Å². The van der Waals surface area contributed by atoms with Gasteiger partial charge in [-0.1, -0.05) is 39.8 Å². The molecule has 0 radical (unpaired) electrons. The van der Waals surface area contributed by atoms with E-state index in [1.807, 2.05) is 12.1 Å². The fraction of sp³-hybridized carbons (Fsp3) is 0.462. The topological polar surface area (TPSA) is 38.4 Å². The molecule has 0 atom stereocenters. The molecule has 0 unspecified atom stereocenters. The molecule has 82 valence electrons. The van der Waals surface area contributed by atoms with E-state index in [9.17, 15) is 0 Å². The molecule has 0 aliphatic carbocycles. The first-order valence-electron chi connectivity index (χ1n) is 5.37. The summed E-state index contributed by atoms with van der Waals surface area (Å²) >= 11 is 0. The summed E-state index contributed by atoms with van der Waals surface area (Å²) < 4.78 is 0. The molecule has 1 rings (SSSR count). The summed E-state index contributed by atoms with van der Waals surface area (Å²) in [6.45, 7) is 8.33. The lowest BCUT2D eigenvalue weighted by molar-refractivity contribution is 0.585. The fourth-order valence-corrected chi connectivity index (χ4v) is 1.15. The maximum atomic E-state index is 5.92. The van der Waals surface area contributed by atoms with Gasteiger partial charge in [-0.15, -0.1) is 0 Å². The molecule has 0 fully saturated rings. The maximum absolute atomic E-state index is 5.92. The predicted molar refractivity (Wildman–Crippen MR) is 66.6 cm³/mol. The van der Waals surface area contributed by atoms with Crippen molar-refractivity contribution in [2.45, 2.75) is 34.1 Å². The van der Waals surface area contributed by atoms with Crippen LogP contribution in [-0.2, 0) is 6.42 Å². The van der Waals surface area contributed by atoms with Crippen LogP contribution in [0.5, 0.6) is 0 Å². The van der Waals surface area contributed by atoms with Gasteiger partial charge in [0.1, 0.15) is 5.84 Å². The van der Waals surface area contributed by atoms with Gasteiger partial charge in [-0.25, -0.2) is 4.99 Å². The Labute approximate surface area is 92.2 Å². The minimum absolute atomic E-state index is 0.0672. The number of hydrogen-bond donors (Lipinski definition) is 1. The van der Waals surface area contributed by atoms with Crippen molar-refractivity contribution in [2.24, 2.45) is 16.1 Å². The normalized spacial score (nSPS) is 12.9. The molecular formula is C13H20N2. The molecule has 0 amide bonds. The number of nitrogens with zero attached hydrogens (tertiary/aromatic N) is 1. The number of aliphatic imine (C=N–C) groups is 1. The average Bonchev–Trinajstić information content (AvgIpc) is 2.16.